The van der Waals surface area contributed by atoms with Gasteiger partial charge in [0.2, 0.25) is 0 Å². The van der Waals surface area contributed by atoms with Gasteiger partial charge < -0.3 is 5.32 Å². The Bertz CT molecular complexity index is 519. The van der Waals surface area contributed by atoms with Crippen LogP contribution in [0.25, 0.3) is 5.82 Å². The quantitative estimate of drug-likeness (QED) is 0.815. The molecule has 18 heavy (non-hydrogen) atoms. The number of fused-ring (bicyclic) bond motifs is 1. The third-order valence-corrected chi connectivity index (χ3v) is 3.56. The van der Waals surface area contributed by atoms with Gasteiger partial charge in [-0.3, -0.25) is 0 Å². The van der Waals surface area contributed by atoms with Gasteiger partial charge >= 0.3 is 0 Å². The van der Waals surface area contributed by atoms with E-state index < -0.39 is 0 Å². The molecule has 1 N–H and O–H groups in total. The molecule has 0 radical (unpaired) electrons. The van der Waals surface area contributed by atoms with Crippen molar-refractivity contribution in [3.05, 3.63) is 35.8 Å². The topological polar surface area (TPSA) is 55.6 Å². The van der Waals surface area contributed by atoms with Crippen LogP contribution in [0.5, 0.6) is 0 Å². The molecule has 1 unspecified atom stereocenters. The summed E-state index contributed by atoms with van der Waals surface area (Å²) in [6, 6.07) is 4.25. The molecule has 1 atom stereocenters. The van der Waals surface area contributed by atoms with Gasteiger partial charge in [-0.05, 0) is 38.4 Å². The molecule has 2 aromatic rings. The highest BCUT2D eigenvalue weighted by atomic mass is 15.3. The van der Waals surface area contributed by atoms with E-state index in [-0.39, 0.29) is 0 Å². The molecule has 0 fully saturated rings. The first kappa shape index (κ1) is 11.3. The molecule has 2 aromatic heterocycles. The van der Waals surface area contributed by atoms with Crippen LogP contribution in [0.3, 0.4) is 0 Å². The van der Waals surface area contributed by atoms with Gasteiger partial charge in [-0.1, -0.05) is 6.42 Å². The molecule has 0 saturated carbocycles. The standard InChI is InChI=1S/C13H17N5/c1-14-11-5-2-3-6-12-10(11)9-16-18(12)13-7-4-8-15-17-13/h4,7-9,11,14H,2-3,5-6H2,1H3. The molecule has 1 aliphatic carbocycles. The molecule has 2 heterocycles. The van der Waals surface area contributed by atoms with Crippen molar-refractivity contribution < 1.29 is 0 Å². The monoisotopic (exact) mass is 243 g/mol. The van der Waals surface area contributed by atoms with Crippen molar-refractivity contribution in [2.24, 2.45) is 0 Å². The van der Waals surface area contributed by atoms with Crippen LogP contribution in [0.4, 0.5) is 0 Å². The van der Waals surface area contributed by atoms with Crippen molar-refractivity contribution in [1.29, 1.82) is 0 Å². The molecular weight excluding hydrogens is 226 g/mol. The maximum Gasteiger partial charge on any atom is 0.175 e. The lowest BCUT2D eigenvalue weighted by atomic mass is 10.1. The summed E-state index contributed by atoms with van der Waals surface area (Å²) in [5.41, 5.74) is 2.58. The molecule has 0 aromatic carbocycles. The summed E-state index contributed by atoms with van der Waals surface area (Å²) in [5, 5.41) is 15.9. The summed E-state index contributed by atoms with van der Waals surface area (Å²) in [6.07, 6.45) is 8.34. The molecule has 1 aliphatic rings. The van der Waals surface area contributed by atoms with E-state index in [4.69, 9.17) is 0 Å². The van der Waals surface area contributed by atoms with Gasteiger partial charge in [0.15, 0.2) is 5.82 Å². The smallest absolute Gasteiger partial charge is 0.175 e. The minimum absolute atomic E-state index is 0.410. The summed E-state index contributed by atoms with van der Waals surface area (Å²) in [5.74, 6) is 0.801. The molecule has 0 bridgehead atoms. The molecule has 0 spiro atoms. The summed E-state index contributed by atoms with van der Waals surface area (Å²) in [6.45, 7) is 0. The molecule has 0 aliphatic heterocycles. The molecule has 5 nitrogen and oxygen atoms in total. The summed E-state index contributed by atoms with van der Waals surface area (Å²) in [4.78, 5) is 0. The van der Waals surface area contributed by atoms with Crippen molar-refractivity contribution in [3.8, 4) is 5.82 Å². The second-order valence-corrected chi connectivity index (χ2v) is 4.63. The van der Waals surface area contributed by atoms with Crippen molar-refractivity contribution in [3.63, 3.8) is 0 Å². The van der Waals surface area contributed by atoms with E-state index in [2.05, 4.69) is 20.6 Å². The number of nitrogens with zero attached hydrogens (tertiary/aromatic N) is 4. The SMILES string of the molecule is CNC1CCCCc2c1cnn2-c1cccnn1. The van der Waals surface area contributed by atoms with Gasteiger partial charge in [-0.25, -0.2) is 4.68 Å². The fourth-order valence-corrected chi connectivity index (χ4v) is 2.63. The lowest BCUT2D eigenvalue weighted by Crippen LogP contribution is -2.16. The lowest BCUT2D eigenvalue weighted by Gasteiger charge is -2.13. The van der Waals surface area contributed by atoms with Crippen LogP contribution in [-0.4, -0.2) is 27.0 Å². The third kappa shape index (κ3) is 1.90. The van der Waals surface area contributed by atoms with Gasteiger partial charge in [0.25, 0.3) is 0 Å². The Morgan fingerprint density at radius 2 is 2.33 bits per heavy atom. The fraction of sp³-hybridized carbons (Fsp3) is 0.462. The first-order chi connectivity index (χ1) is 8.90. The molecule has 0 amide bonds. The van der Waals surface area contributed by atoms with Gasteiger partial charge in [-0.15, -0.1) is 5.10 Å². The highest BCUT2D eigenvalue weighted by Crippen LogP contribution is 2.29. The molecular formula is C13H17N5. The van der Waals surface area contributed by atoms with Crippen LogP contribution in [0.2, 0.25) is 0 Å². The average Bonchev–Trinajstić information content (AvgIpc) is 2.73. The maximum atomic E-state index is 4.48. The Hall–Kier alpha value is -1.75. The Morgan fingerprint density at radius 3 is 3.11 bits per heavy atom. The second-order valence-electron chi connectivity index (χ2n) is 4.63. The zero-order valence-corrected chi connectivity index (χ0v) is 10.5. The zero-order chi connectivity index (χ0) is 12.4. The maximum absolute atomic E-state index is 4.48. The van der Waals surface area contributed by atoms with Crippen LogP contribution < -0.4 is 5.32 Å². The number of hydrogen-bond acceptors (Lipinski definition) is 4. The van der Waals surface area contributed by atoms with Crippen LogP contribution in [0.1, 0.15) is 36.6 Å². The van der Waals surface area contributed by atoms with Crippen molar-refractivity contribution in [2.45, 2.75) is 31.7 Å². The predicted octanol–water partition coefficient (Wildman–Crippen LogP) is 1.65. The Labute approximate surface area is 106 Å². The Balaban J connectivity index is 2.06. The van der Waals surface area contributed by atoms with Crippen LogP contribution in [-0.2, 0) is 6.42 Å². The molecule has 3 rings (SSSR count). The van der Waals surface area contributed by atoms with E-state index in [1.807, 2.05) is 30.1 Å². The average molecular weight is 243 g/mol. The fourth-order valence-electron chi connectivity index (χ4n) is 2.63. The first-order valence-electron chi connectivity index (χ1n) is 6.42. The molecule has 5 heteroatoms. The molecule has 0 saturated heterocycles. The number of rotatable bonds is 2. The molecule has 94 valence electrons. The summed E-state index contributed by atoms with van der Waals surface area (Å²) in [7, 11) is 2.01. The largest absolute Gasteiger partial charge is 0.313 e. The first-order valence-corrected chi connectivity index (χ1v) is 6.42. The van der Waals surface area contributed by atoms with Gasteiger partial charge in [-0.2, -0.15) is 10.2 Å². The lowest BCUT2D eigenvalue weighted by molar-refractivity contribution is 0.533. The summed E-state index contributed by atoms with van der Waals surface area (Å²) < 4.78 is 1.93. The van der Waals surface area contributed by atoms with Crippen molar-refractivity contribution >= 4 is 0 Å². The van der Waals surface area contributed by atoms with Crippen molar-refractivity contribution in [1.82, 2.24) is 25.3 Å². The van der Waals surface area contributed by atoms with Crippen LogP contribution >= 0.6 is 0 Å². The van der Waals surface area contributed by atoms with E-state index in [1.54, 1.807) is 6.20 Å². The number of aromatic nitrogens is 4. The highest BCUT2D eigenvalue weighted by molar-refractivity contribution is 5.31. The van der Waals surface area contributed by atoms with Gasteiger partial charge in [0.05, 0.1) is 11.9 Å². The predicted molar refractivity (Wildman–Crippen MR) is 68.5 cm³/mol. The number of hydrogen-bond donors (Lipinski definition) is 1. The minimum atomic E-state index is 0.410. The van der Waals surface area contributed by atoms with Crippen LogP contribution in [0, 0.1) is 0 Å². The number of nitrogens with one attached hydrogen (secondary N) is 1. The normalized spacial score (nSPS) is 19.3. The highest BCUT2D eigenvalue weighted by Gasteiger charge is 2.22. The van der Waals surface area contributed by atoms with Crippen molar-refractivity contribution in [2.75, 3.05) is 7.05 Å². The van der Waals surface area contributed by atoms with Gasteiger partial charge in [0.1, 0.15) is 0 Å². The van der Waals surface area contributed by atoms with E-state index in [0.29, 0.717) is 6.04 Å². The van der Waals surface area contributed by atoms with Crippen LogP contribution in [0.15, 0.2) is 24.5 Å². The van der Waals surface area contributed by atoms with E-state index in [1.165, 1.54) is 30.5 Å². The van der Waals surface area contributed by atoms with Gasteiger partial charge in [0, 0.05) is 17.8 Å². The van der Waals surface area contributed by atoms with E-state index in [9.17, 15) is 0 Å². The Kier molecular flexibility index (Phi) is 3.06. The van der Waals surface area contributed by atoms with E-state index >= 15 is 0 Å². The van der Waals surface area contributed by atoms with E-state index in [0.717, 1.165) is 12.2 Å². The second kappa shape index (κ2) is 4.86. The third-order valence-electron chi connectivity index (χ3n) is 3.56. The minimum Gasteiger partial charge on any atom is -0.313 e. The summed E-state index contributed by atoms with van der Waals surface area (Å²) >= 11 is 0. The zero-order valence-electron chi connectivity index (χ0n) is 10.5. The Morgan fingerprint density at radius 1 is 1.39 bits per heavy atom.